The van der Waals surface area contributed by atoms with E-state index in [1.165, 1.54) is 11.8 Å². The monoisotopic (exact) mass is 234 g/mol. The first-order valence-corrected chi connectivity index (χ1v) is 5.29. The number of fused-ring (bicyclic) bond motifs is 1. The van der Waals surface area contributed by atoms with E-state index in [2.05, 4.69) is 0 Å². The number of halogens is 1. The molecule has 2 heterocycles. The van der Waals surface area contributed by atoms with Gasteiger partial charge >= 0.3 is 5.97 Å². The zero-order chi connectivity index (χ0) is 10.5. The summed E-state index contributed by atoms with van der Waals surface area (Å²) in [5.41, 5.74) is 5.39. The first-order valence-electron chi connectivity index (χ1n) is 3.86. The molecule has 1 amide bonds. The van der Waals surface area contributed by atoms with Crippen molar-refractivity contribution in [1.82, 2.24) is 4.90 Å². The number of nitrogens with zero attached hydrogens (tertiary/aromatic N) is 1. The molecule has 76 valence electrons. The van der Waals surface area contributed by atoms with Gasteiger partial charge in [-0.3, -0.25) is 9.69 Å². The Bertz CT molecular complexity index is 357. The van der Waals surface area contributed by atoms with E-state index in [4.69, 9.17) is 22.4 Å². The largest absolute Gasteiger partial charge is 0.477 e. The molecule has 14 heavy (non-hydrogen) atoms. The second-order valence-corrected chi connectivity index (χ2v) is 4.56. The Kier molecular flexibility index (Phi) is 2.21. The van der Waals surface area contributed by atoms with E-state index in [1.807, 2.05) is 0 Å². The quantitative estimate of drug-likeness (QED) is 0.612. The highest BCUT2D eigenvalue weighted by Gasteiger charge is 2.51. The summed E-state index contributed by atoms with van der Waals surface area (Å²) >= 11 is 7.11. The number of hydrogen-bond donors (Lipinski definition) is 2. The summed E-state index contributed by atoms with van der Waals surface area (Å²) in [6.07, 6.45) is 0. The highest BCUT2D eigenvalue weighted by molar-refractivity contribution is 8.00. The van der Waals surface area contributed by atoms with Gasteiger partial charge < -0.3 is 10.8 Å². The Balaban J connectivity index is 2.37. The Morgan fingerprint density at radius 2 is 2.36 bits per heavy atom. The van der Waals surface area contributed by atoms with Crippen LogP contribution in [0.25, 0.3) is 0 Å². The van der Waals surface area contributed by atoms with Crippen molar-refractivity contribution < 1.29 is 14.7 Å². The van der Waals surface area contributed by atoms with E-state index in [0.29, 0.717) is 5.75 Å². The number of hydrogen-bond acceptors (Lipinski definition) is 4. The standard InChI is InChI=1S/C7H7ClN2O3S/c8-2-1-14-6-3(9)5(11)10(6)4(2)7(12)13/h3,6H,1,9H2,(H,12,13)/t3-,6?/m0/s1. The maximum Gasteiger partial charge on any atom is 0.353 e. The topological polar surface area (TPSA) is 83.6 Å². The van der Waals surface area contributed by atoms with Crippen molar-refractivity contribution >= 4 is 35.2 Å². The van der Waals surface area contributed by atoms with E-state index < -0.39 is 12.0 Å². The molecule has 1 fully saturated rings. The van der Waals surface area contributed by atoms with Crippen LogP contribution in [-0.4, -0.2) is 39.1 Å². The van der Waals surface area contributed by atoms with E-state index in [9.17, 15) is 9.59 Å². The molecule has 1 unspecified atom stereocenters. The molecule has 2 aliphatic heterocycles. The molecule has 2 rings (SSSR count). The summed E-state index contributed by atoms with van der Waals surface area (Å²) in [4.78, 5) is 23.3. The molecule has 2 atom stereocenters. The van der Waals surface area contributed by atoms with Crippen molar-refractivity contribution in [3.05, 3.63) is 10.7 Å². The van der Waals surface area contributed by atoms with Crippen LogP contribution in [0.3, 0.4) is 0 Å². The van der Waals surface area contributed by atoms with Gasteiger partial charge in [-0.15, -0.1) is 11.8 Å². The van der Waals surface area contributed by atoms with E-state index in [-0.39, 0.29) is 22.0 Å². The van der Waals surface area contributed by atoms with Crippen LogP contribution in [0.1, 0.15) is 0 Å². The Morgan fingerprint density at radius 3 is 2.93 bits per heavy atom. The minimum atomic E-state index is -1.18. The van der Waals surface area contributed by atoms with E-state index in [0.717, 1.165) is 4.90 Å². The van der Waals surface area contributed by atoms with Gasteiger partial charge in [-0.1, -0.05) is 11.6 Å². The van der Waals surface area contributed by atoms with Crippen LogP contribution in [0.4, 0.5) is 0 Å². The summed E-state index contributed by atoms with van der Waals surface area (Å²) in [6, 6.07) is -0.598. The average Bonchev–Trinajstić information content (AvgIpc) is 2.15. The van der Waals surface area contributed by atoms with Crippen LogP contribution in [0.2, 0.25) is 0 Å². The highest BCUT2D eigenvalue weighted by Crippen LogP contribution is 2.40. The van der Waals surface area contributed by atoms with Crippen molar-refractivity contribution in [2.24, 2.45) is 5.73 Å². The molecule has 5 nitrogen and oxygen atoms in total. The van der Waals surface area contributed by atoms with Gasteiger partial charge in [0.2, 0.25) is 5.91 Å². The van der Waals surface area contributed by atoms with Gasteiger partial charge in [0.05, 0.1) is 5.03 Å². The molecular formula is C7H7ClN2O3S. The number of carbonyl (C=O) groups is 2. The van der Waals surface area contributed by atoms with E-state index >= 15 is 0 Å². The Morgan fingerprint density at radius 1 is 1.71 bits per heavy atom. The molecule has 7 heteroatoms. The smallest absolute Gasteiger partial charge is 0.353 e. The normalized spacial score (nSPS) is 31.3. The number of amides is 1. The fraction of sp³-hybridized carbons (Fsp3) is 0.429. The molecule has 0 spiro atoms. The Hall–Kier alpha value is -0.720. The lowest BCUT2D eigenvalue weighted by Crippen LogP contribution is -2.68. The molecule has 0 aromatic carbocycles. The molecular weight excluding hydrogens is 228 g/mol. The number of thioether (sulfide) groups is 1. The van der Waals surface area contributed by atoms with Crippen LogP contribution in [0.15, 0.2) is 10.7 Å². The number of carboxylic acid groups (broad SMARTS) is 1. The fourth-order valence-electron chi connectivity index (χ4n) is 1.48. The third kappa shape index (κ3) is 1.14. The number of β-lactam (4-membered cyclic amide) rings is 1. The van der Waals surface area contributed by atoms with Gasteiger partial charge in [0, 0.05) is 5.75 Å². The lowest BCUT2D eigenvalue weighted by atomic mass is 10.1. The Labute approximate surface area is 88.9 Å². The van der Waals surface area contributed by atoms with Gasteiger partial charge in [0.1, 0.15) is 17.1 Å². The molecule has 0 saturated carbocycles. The van der Waals surface area contributed by atoms with Crippen molar-refractivity contribution in [2.75, 3.05) is 5.75 Å². The lowest BCUT2D eigenvalue weighted by Gasteiger charge is -2.47. The molecule has 2 aliphatic rings. The van der Waals surface area contributed by atoms with Crippen LogP contribution >= 0.6 is 23.4 Å². The zero-order valence-electron chi connectivity index (χ0n) is 6.94. The SMILES string of the molecule is N[C@H]1C(=O)N2C(C(=O)O)=C(Cl)CSC12. The highest BCUT2D eigenvalue weighted by atomic mass is 35.5. The lowest BCUT2D eigenvalue weighted by molar-refractivity contribution is -0.147. The maximum atomic E-state index is 11.3. The molecule has 0 radical (unpaired) electrons. The van der Waals surface area contributed by atoms with Gasteiger partial charge in [-0.05, 0) is 0 Å². The van der Waals surface area contributed by atoms with Crippen molar-refractivity contribution in [3.63, 3.8) is 0 Å². The molecule has 0 aliphatic carbocycles. The summed E-state index contributed by atoms with van der Waals surface area (Å²) < 4.78 is 0. The fourth-order valence-corrected chi connectivity index (χ4v) is 2.98. The summed E-state index contributed by atoms with van der Waals surface area (Å²) in [5.74, 6) is -1.16. The number of aliphatic carboxylic acids is 1. The van der Waals surface area contributed by atoms with E-state index in [1.54, 1.807) is 0 Å². The molecule has 1 saturated heterocycles. The number of carboxylic acids is 1. The second kappa shape index (κ2) is 3.15. The minimum absolute atomic E-state index is 0.123. The van der Waals surface area contributed by atoms with Crippen LogP contribution in [-0.2, 0) is 9.59 Å². The van der Waals surface area contributed by atoms with Gasteiger partial charge in [-0.25, -0.2) is 4.79 Å². The predicted molar refractivity (Wildman–Crippen MR) is 51.6 cm³/mol. The van der Waals surface area contributed by atoms with Crippen LogP contribution in [0.5, 0.6) is 0 Å². The third-order valence-corrected chi connectivity index (χ3v) is 3.94. The number of carbonyl (C=O) groups excluding carboxylic acids is 1. The molecule has 0 aromatic heterocycles. The van der Waals surface area contributed by atoms with Crippen molar-refractivity contribution in [2.45, 2.75) is 11.4 Å². The second-order valence-electron chi connectivity index (χ2n) is 2.99. The van der Waals surface area contributed by atoms with Gasteiger partial charge in [0.25, 0.3) is 0 Å². The van der Waals surface area contributed by atoms with Crippen molar-refractivity contribution in [3.8, 4) is 0 Å². The summed E-state index contributed by atoms with van der Waals surface area (Å²) in [5, 5.41) is 8.77. The van der Waals surface area contributed by atoms with Crippen LogP contribution < -0.4 is 5.73 Å². The maximum absolute atomic E-state index is 11.3. The number of rotatable bonds is 1. The van der Waals surface area contributed by atoms with Crippen molar-refractivity contribution in [1.29, 1.82) is 0 Å². The summed E-state index contributed by atoms with van der Waals surface area (Å²) in [6.45, 7) is 0. The predicted octanol–water partition coefficient (Wildman–Crippen LogP) is -0.236. The van der Waals surface area contributed by atoms with Gasteiger partial charge in [-0.2, -0.15) is 0 Å². The first kappa shape index (κ1) is 9.82. The minimum Gasteiger partial charge on any atom is -0.477 e. The molecule has 3 N–H and O–H groups in total. The average molecular weight is 235 g/mol. The summed E-state index contributed by atoms with van der Waals surface area (Å²) in [7, 11) is 0. The number of nitrogens with two attached hydrogens (primary N) is 1. The zero-order valence-corrected chi connectivity index (χ0v) is 8.51. The van der Waals surface area contributed by atoms with Gasteiger partial charge in [0.15, 0.2) is 0 Å². The molecule has 0 bridgehead atoms. The molecule has 0 aromatic rings. The van der Waals surface area contributed by atoms with Crippen LogP contribution in [0, 0.1) is 0 Å². The third-order valence-electron chi connectivity index (χ3n) is 2.17. The first-order chi connectivity index (χ1) is 6.54.